The lowest BCUT2D eigenvalue weighted by molar-refractivity contribution is -0.123. The summed E-state index contributed by atoms with van der Waals surface area (Å²) in [7, 11) is 1.55. The van der Waals surface area contributed by atoms with Gasteiger partial charge in [0, 0.05) is 19.2 Å². The fourth-order valence-corrected chi connectivity index (χ4v) is 3.69. The number of primary amides is 1. The summed E-state index contributed by atoms with van der Waals surface area (Å²) < 4.78 is 11.0. The monoisotopic (exact) mass is 437 g/mol. The Morgan fingerprint density at radius 3 is 2.90 bits per heavy atom. The van der Waals surface area contributed by atoms with Gasteiger partial charge in [-0.2, -0.15) is 0 Å². The highest BCUT2D eigenvalue weighted by molar-refractivity contribution is 6.32. The Labute approximate surface area is 183 Å². The van der Waals surface area contributed by atoms with Crippen molar-refractivity contribution in [2.24, 2.45) is 11.7 Å². The summed E-state index contributed by atoms with van der Waals surface area (Å²) >= 11 is 6.30. The lowest BCUT2D eigenvalue weighted by Crippen LogP contribution is -2.42. The van der Waals surface area contributed by atoms with Crippen LogP contribution in [0, 0.1) is 5.92 Å². The zero-order chi connectivity index (χ0) is 21.9. The molecule has 1 unspecified atom stereocenters. The van der Waals surface area contributed by atoms with Gasteiger partial charge in [-0.1, -0.05) is 18.5 Å². The third kappa shape index (κ3) is 7.54. The fraction of sp³-hybridized carbons (Fsp3) is 0.545. The van der Waals surface area contributed by atoms with Crippen molar-refractivity contribution in [3.8, 4) is 11.5 Å². The van der Waals surface area contributed by atoms with Gasteiger partial charge >= 0.3 is 0 Å². The van der Waals surface area contributed by atoms with Gasteiger partial charge in [0.2, 0.25) is 11.8 Å². The molecule has 166 valence electrons. The van der Waals surface area contributed by atoms with Gasteiger partial charge in [0.15, 0.2) is 11.5 Å². The summed E-state index contributed by atoms with van der Waals surface area (Å²) in [6, 6.07) is 3.52. The van der Waals surface area contributed by atoms with E-state index in [0.717, 1.165) is 44.3 Å². The number of hydrogen-bond acceptors (Lipinski definition) is 5. The SMILES string of the molecule is CCCOc1c(Cl)cc(/C=C/C(=O)NCCCN2CCCC(C(N)=O)C2)cc1OC. The number of likely N-dealkylation sites (tertiary alicyclic amines) is 1. The second kappa shape index (κ2) is 12.4. The van der Waals surface area contributed by atoms with E-state index in [0.29, 0.717) is 36.2 Å². The van der Waals surface area contributed by atoms with Crippen LogP contribution in [-0.2, 0) is 9.59 Å². The van der Waals surface area contributed by atoms with Crippen molar-refractivity contribution in [2.45, 2.75) is 32.6 Å². The average Bonchev–Trinajstić information content (AvgIpc) is 2.74. The van der Waals surface area contributed by atoms with Gasteiger partial charge in [-0.25, -0.2) is 0 Å². The Bertz CT molecular complexity index is 754. The number of methoxy groups -OCH3 is 1. The van der Waals surface area contributed by atoms with Gasteiger partial charge in [-0.15, -0.1) is 0 Å². The lowest BCUT2D eigenvalue weighted by atomic mass is 9.97. The molecule has 1 aromatic rings. The highest BCUT2D eigenvalue weighted by atomic mass is 35.5. The molecule has 1 aliphatic rings. The highest BCUT2D eigenvalue weighted by Gasteiger charge is 2.23. The Hall–Kier alpha value is -2.25. The van der Waals surface area contributed by atoms with Gasteiger partial charge in [0.25, 0.3) is 0 Å². The largest absolute Gasteiger partial charge is 0.493 e. The maximum Gasteiger partial charge on any atom is 0.243 e. The third-order valence-electron chi connectivity index (χ3n) is 4.99. The van der Waals surface area contributed by atoms with Gasteiger partial charge in [0.1, 0.15) is 0 Å². The van der Waals surface area contributed by atoms with Gasteiger partial charge in [-0.3, -0.25) is 9.59 Å². The van der Waals surface area contributed by atoms with Gasteiger partial charge in [-0.05, 0) is 62.5 Å². The summed E-state index contributed by atoms with van der Waals surface area (Å²) in [5.41, 5.74) is 6.16. The molecule has 0 aliphatic carbocycles. The molecular weight excluding hydrogens is 406 g/mol. The van der Waals surface area contributed by atoms with Crippen LogP contribution in [0.5, 0.6) is 11.5 Å². The number of hydrogen-bond donors (Lipinski definition) is 2. The highest BCUT2D eigenvalue weighted by Crippen LogP contribution is 2.36. The number of piperidine rings is 1. The Balaban J connectivity index is 1.79. The van der Waals surface area contributed by atoms with Crippen LogP contribution in [0.1, 0.15) is 38.2 Å². The third-order valence-corrected chi connectivity index (χ3v) is 5.27. The van der Waals surface area contributed by atoms with Crippen LogP contribution in [-0.4, -0.2) is 56.6 Å². The van der Waals surface area contributed by atoms with E-state index in [1.54, 1.807) is 25.3 Å². The van der Waals surface area contributed by atoms with Crippen molar-refractivity contribution >= 4 is 29.5 Å². The molecule has 0 aromatic heterocycles. The average molecular weight is 438 g/mol. The summed E-state index contributed by atoms with van der Waals surface area (Å²) in [5.74, 6) is 0.592. The standard InChI is InChI=1S/C22H32ClN3O4/c1-3-12-30-21-18(23)13-16(14-19(21)29-2)7-8-20(27)25-9-5-11-26-10-4-6-17(15-26)22(24)28/h7-8,13-14,17H,3-6,9-12,15H2,1-2H3,(H2,24,28)(H,25,27)/b8-7+. The van der Waals surface area contributed by atoms with Gasteiger partial charge < -0.3 is 25.4 Å². The minimum Gasteiger partial charge on any atom is -0.493 e. The van der Waals surface area contributed by atoms with Crippen LogP contribution >= 0.6 is 11.6 Å². The molecule has 0 spiro atoms. The topological polar surface area (TPSA) is 93.9 Å². The van der Waals surface area contributed by atoms with Gasteiger partial charge in [0.05, 0.1) is 24.7 Å². The van der Waals surface area contributed by atoms with E-state index in [1.807, 2.05) is 6.92 Å². The molecule has 7 nitrogen and oxygen atoms in total. The van der Waals surface area contributed by atoms with E-state index in [9.17, 15) is 9.59 Å². The van der Waals surface area contributed by atoms with E-state index < -0.39 is 0 Å². The Kier molecular flexibility index (Phi) is 9.97. The summed E-state index contributed by atoms with van der Waals surface area (Å²) in [4.78, 5) is 25.7. The van der Waals surface area contributed by atoms with E-state index in [1.165, 1.54) is 6.08 Å². The number of nitrogens with zero attached hydrogens (tertiary/aromatic N) is 1. The Morgan fingerprint density at radius 1 is 1.40 bits per heavy atom. The van der Waals surface area contributed by atoms with Crippen LogP contribution in [0.3, 0.4) is 0 Å². The molecule has 1 atom stereocenters. The van der Waals surface area contributed by atoms with E-state index in [-0.39, 0.29) is 17.7 Å². The van der Waals surface area contributed by atoms with E-state index in [4.69, 9.17) is 26.8 Å². The molecule has 0 bridgehead atoms. The zero-order valence-electron chi connectivity index (χ0n) is 17.8. The molecule has 1 saturated heterocycles. The second-order valence-corrected chi connectivity index (χ2v) is 7.81. The lowest BCUT2D eigenvalue weighted by Gasteiger charge is -2.31. The molecule has 1 heterocycles. The fourth-order valence-electron chi connectivity index (χ4n) is 3.42. The first-order valence-electron chi connectivity index (χ1n) is 10.4. The molecule has 1 aliphatic heterocycles. The molecule has 2 rings (SSSR count). The van der Waals surface area contributed by atoms with Crippen molar-refractivity contribution in [2.75, 3.05) is 39.9 Å². The number of nitrogens with one attached hydrogen (secondary N) is 1. The number of rotatable bonds is 11. The molecule has 3 N–H and O–H groups in total. The van der Waals surface area contributed by atoms with Crippen molar-refractivity contribution in [3.63, 3.8) is 0 Å². The molecule has 8 heteroatoms. The molecule has 1 fully saturated rings. The number of halogens is 1. The summed E-state index contributed by atoms with van der Waals surface area (Å²) in [6.07, 6.45) is 6.70. The first-order chi connectivity index (χ1) is 14.4. The molecule has 0 radical (unpaired) electrons. The number of carbonyl (C=O) groups is 2. The van der Waals surface area contributed by atoms with Crippen molar-refractivity contribution in [1.82, 2.24) is 10.2 Å². The maximum absolute atomic E-state index is 12.1. The molecule has 1 aromatic carbocycles. The molecule has 30 heavy (non-hydrogen) atoms. The number of ether oxygens (including phenoxy) is 2. The quantitative estimate of drug-likeness (QED) is 0.410. The number of carbonyl (C=O) groups excluding carboxylic acids is 2. The molecular formula is C22H32ClN3O4. The number of amides is 2. The van der Waals surface area contributed by atoms with Crippen molar-refractivity contribution < 1.29 is 19.1 Å². The second-order valence-electron chi connectivity index (χ2n) is 7.40. The van der Waals surface area contributed by atoms with Crippen LogP contribution in [0.2, 0.25) is 5.02 Å². The first kappa shape index (κ1) is 24.0. The van der Waals surface area contributed by atoms with Crippen LogP contribution in [0.4, 0.5) is 0 Å². The first-order valence-corrected chi connectivity index (χ1v) is 10.8. The van der Waals surface area contributed by atoms with Crippen LogP contribution < -0.4 is 20.5 Å². The molecule has 2 amide bonds. The number of benzene rings is 1. The normalized spacial score (nSPS) is 17.1. The summed E-state index contributed by atoms with van der Waals surface area (Å²) in [6.45, 7) is 5.64. The zero-order valence-corrected chi connectivity index (χ0v) is 18.5. The molecule has 0 saturated carbocycles. The smallest absolute Gasteiger partial charge is 0.243 e. The minimum absolute atomic E-state index is 0.0566. The van der Waals surface area contributed by atoms with Crippen molar-refractivity contribution in [3.05, 3.63) is 28.8 Å². The predicted octanol–water partition coefficient (Wildman–Crippen LogP) is 2.85. The van der Waals surface area contributed by atoms with E-state index in [2.05, 4.69) is 10.2 Å². The van der Waals surface area contributed by atoms with Crippen molar-refractivity contribution in [1.29, 1.82) is 0 Å². The Morgan fingerprint density at radius 2 is 2.20 bits per heavy atom. The van der Waals surface area contributed by atoms with Crippen LogP contribution in [0.15, 0.2) is 18.2 Å². The minimum atomic E-state index is -0.222. The van der Waals surface area contributed by atoms with Crippen LogP contribution in [0.25, 0.3) is 6.08 Å². The van der Waals surface area contributed by atoms with E-state index >= 15 is 0 Å². The predicted molar refractivity (Wildman–Crippen MR) is 119 cm³/mol. The number of nitrogens with two attached hydrogens (primary N) is 1. The summed E-state index contributed by atoms with van der Waals surface area (Å²) in [5, 5.41) is 3.32. The maximum atomic E-state index is 12.1.